The molecule has 3 aromatic heterocycles. The number of nitrogens with zero attached hydrogens (tertiary/aromatic N) is 5. The first-order chi connectivity index (χ1) is 35.2. The number of nitrogens with one attached hydrogen (secondary N) is 1. The van der Waals surface area contributed by atoms with E-state index >= 15 is 0 Å². The number of non-ortho nitro benzene ring substituents is 3. The minimum atomic E-state index is -3.21. The monoisotopic (exact) mass is 1060 g/mol. The second-order valence-corrected chi connectivity index (χ2v) is 23.7. The predicted molar refractivity (Wildman–Crippen MR) is 280 cm³/mol. The lowest BCUT2D eigenvalue weighted by Crippen LogP contribution is -2.26. The van der Waals surface area contributed by atoms with E-state index in [0.29, 0.717) is 57.3 Å². The van der Waals surface area contributed by atoms with Gasteiger partial charge in [-0.2, -0.15) is 0 Å². The van der Waals surface area contributed by atoms with Crippen LogP contribution in [0.25, 0.3) is 32.7 Å². The van der Waals surface area contributed by atoms with E-state index in [1.807, 2.05) is 36.6 Å². The van der Waals surface area contributed by atoms with Gasteiger partial charge in [-0.05, 0) is 137 Å². The van der Waals surface area contributed by atoms with Gasteiger partial charge >= 0.3 is 11.9 Å². The topological polar surface area (TPSA) is 287 Å². The zero-order valence-corrected chi connectivity index (χ0v) is 43.3. The largest absolute Gasteiger partial charge is 0.480 e. The first kappa shape index (κ1) is 53.1. The smallest absolute Gasteiger partial charge is 0.326 e. The van der Waals surface area contributed by atoms with Crippen LogP contribution in [0.3, 0.4) is 0 Å². The van der Waals surface area contributed by atoms with Gasteiger partial charge in [-0.1, -0.05) is 24.3 Å². The molecule has 0 atom stereocenters. The van der Waals surface area contributed by atoms with E-state index < -0.39 is 47.1 Å². The van der Waals surface area contributed by atoms with Crippen LogP contribution in [-0.4, -0.2) is 79.9 Å². The highest BCUT2D eigenvalue weighted by Gasteiger charge is 2.29. The molecule has 2 aliphatic rings. The maximum Gasteiger partial charge on any atom is 0.326 e. The van der Waals surface area contributed by atoms with Crippen LogP contribution in [-0.2, 0) is 72.8 Å². The molecule has 2 aliphatic heterocycles. The number of ether oxygens (including phenoxy) is 1. The van der Waals surface area contributed by atoms with Crippen molar-refractivity contribution in [2.45, 2.75) is 95.7 Å². The fourth-order valence-electron chi connectivity index (χ4n) is 9.78. The number of carboxylic acid groups (broad SMARTS) is 1. The Labute approximate surface area is 429 Å². The summed E-state index contributed by atoms with van der Waals surface area (Å²) in [7, 11) is -6.42. The Balaban J connectivity index is 0.000000162. The number of esters is 1. The number of carbonyl (C=O) groups excluding carboxylic acids is 1. The maximum absolute atomic E-state index is 12.5. The van der Waals surface area contributed by atoms with Gasteiger partial charge in [-0.15, -0.1) is 0 Å². The lowest BCUT2D eigenvalue weighted by molar-refractivity contribution is -0.384. The van der Waals surface area contributed by atoms with Gasteiger partial charge in [0, 0.05) is 86.2 Å². The molecular formula is C53H52N6O14S2. The van der Waals surface area contributed by atoms with E-state index in [1.165, 1.54) is 30.3 Å². The molecule has 75 heavy (non-hydrogen) atoms. The van der Waals surface area contributed by atoms with Crippen LogP contribution in [0.1, 0.15) is 71.2 Å². The van der Waals surface area contributed by atoms with E-state index in [9.17, 15) is 61.9 Å². The molecule has 8 aromatic rings. The van der Waals surface area contributed by atoms with Crippen LogP contribution in [0.4, 0.5) is 17.1 Å². The molecule has 10 rings (SSSR count). The third kappa shape index (κ3) is 11.3. The average molecular weight is 1060 g/mol. The summed E-state index contributed by atoms with van der Waals surface area (Å²) in [6.45, 7) is 10.7. The summed E-state index contributed by atoms with van der Waals surface area (Å²) in [6, 6.07) is 26.2. The maximum atomic E-state index is 12.5. The summed E-state index contributed by atoms with van der Waals surface area (Å²) >= 11 is 0. The number of nitro groups is 3. The van der Waals surface area contributed by atoms with Gasteiger partial charge < -0.3 is 24.0 Å². The van der Waals surface area contributed by atoms with Gasteiger partial charge in [0.05, 0.1) is 36.1 Å². The van der Waals surface area contributed by atoms with Crippen LogP contribution in [0.15, 0.2) is 107 Å². The summed E-state index contributed by atoms with van der Waals surface area (Å²) in [6.07, 6.45) is 1.83. The number of rotatable bonds is 11. The molecule has 0 radical (unpaired) electrons. The molecule has 390 valence electrons. The quantitative estimate of drug-likeness (QED) is 0.0693. The third-order valence-corrected chi connectivity index (χ3v) is 16.8. The van der Waals surface area contributed by atoms with Crippen molar-refractivity contribution in [3.05, 3.63) is 178 Å². The lowest BCUT2D eigenvalue weighted by atomic mass is 9.99. The molecular weight excluding hydrogens is 1010 g/mol. The molecule has 0 amide bonds. The number of aryl methyl sites for hydroxylation is 3. The molecule has 0 aliphatic carbocycles. The first-order valence-electron chi connectivity index (χ1n) is 23.6. The van der Waals surface area contributed by atoms with Crippen LogP contribution in [0.5, 0.6) is 0 Å². The molecule has 0 bridgehead atoms. The lowest BCUT2D eigenvalue weighted by Gasteiger charge is -2.20. The van der Waals surface area contributed by atoms with Crippen molar-refractivity contribution in [1.29, 1.82) is 0 Å². The summed E-state index contributed by atoms with van der Waals surface area (Å²) in [5, 5.41) is 44.5. The van der Waals surface area contributed by atoms with Gasteiger partial charge in [0.1, 0.15) is 18.7 Å². The molecule has 0 saturated heterocycles. The fourth-order valence-corrected chi connectivity index (χ4v) is 12.9. The zero-order chi connectivity index (χ0) is 54.5. The van der Waals surface area contributed by atoms with E-state index in [2.05, 4.69) is 4.98 Å². The minimum Gasteiger partial charge on any atom is -0.480 e. The fraction of sp³-hybridized carbons (Fsp3) is 0.283. The molecule has 0 spiro atoms. The highest BCUT2D eigenvalue weighted by Crippen LogP contribution is 2.35. The van der Waals surface area contributed by atoms with Crippen molar-refractivity contribution in [3.63, 3.8) is 0 Å². The van der Waals surface area contributed by atoms with Gasteiger partial charge in [-0.25, -0.2) is 16.8 Å². The van der Waals surface area contributed by atoms with Gasteiger partial charge in [0.15, 0.2) is 19.7 Å². The number of carboxylic acids is 1. The Bertz CT molecular complexity index is 3920. The van der Waals surface area contributed by atoms with Crippen molar-refractivity contribution in [3.8, 4) is 0 Å². The third-order valence-electron chi connectivity index (χ3n) is 13.2. The Morgan fingerprint density at radius 1 is 0.627 bits per heavy atom. The van der Waals surface area contributed by atoms with E-state index in [4.69, 9.17) is 4.74 Å². The van der Waals surface area contributed by atoms with Crippen molar-refractivity contribution < 1.29 is 51.0 Å². The summed E-state index contributed by atoms with van der Waals surface area (Å²) in [4.78, 5) is 59.5. The summed E-state index contributed by atoms with van der Waals surface area (Å²) in [5.74, 6) is -1.17. The van der Waals surface area contributed by atoms with Gasteiger partial charge in [0.25, 0.3) is 17.1 Å². The van der Waals surface area contributed by atoms with Crippen LogP contribution >= 0.6 is 0 Å². The van der Waals surface area contributed by atoms with E-state index in [0.717, 1.165) is 61.4 Å². The van der Waals surface area contributed by atoms with Crippen LogP contribution < -0.4 is 0 Å². The van der Waals surface area contributed by atoms with Crippen molar-refractivity contribution in [2.24, 2.45) is 0 Å². The number of nitro benzene ring substituents is 3. The molecule has 0 unspecified atom stereocenters. The summed E-state index contributed by atoms with van der Waals surface area (Å²) in [5.41, 5.74) is 9.24. The predicted octanol–water partition coefficient (Wildman–Crippen LogP) is 9.37. The second-order valence-electron chi connectivity index (χ2n) is 19.6. The molecule has 0 fully saturated rings. The normalized spacial score (nSPS) is 14.1. The number of hydrogen-bond acceptors (Lipinski definition) is 13. The highest BCUT2D eigenvalue weighted by molar-refractivity contribution is 7.92. The number of hydrogen-bond donors (Lipinski definition) is 2. The molecule has 22 heteroatoms. The van der Waals surface area contributed by atoms with E-state index in [1.54, 1.807) is 80.8 Å². The number of sulfone groups is 2. The number of H-pyrrole nitrogens is 1. The van der Waals surface area contributed by atoms with Gasteiger partial charge in [-0.3, -0.25) is 39.9 Å². The Morgan fingerprint density at radius 2 is 1.07 bits per heavy atom. The number of fused-ring (bicyclic) bond motifs is 5. The molecule has 2 N–H and O–H groups in total. The Kier molecular flexibility index (Phi) is 14.3. The van der Waals surface area contributed by atoms with Crippen LogP contribution in [0.2, 0.25) is 0 Å². The van der Waals surface area contributed by atoms with Gasteiger partial charge in [0.2, 0.25) is 0 Å². The van der Waals surface area contributed by atoms with Crippen LogP contribution in [0, 0.1) is 51.1 Å². The standard InChI is InChI=1S/C24H26N2O6S.C20H18N2O6S.C9H8N2O2/c1-15-19(12-16-5-8-22-17(11-16)9-10-33(22,30)31)20-13-18(26(28)29)6-7-21(20)25(15)14-23(27)32-24(2,3)4;1-12-16(9-13-2-5-19-14(8-13)6-7-29(19,27)28)17-10-15(22(25)26)3-4-18(17)21(12)11-20(23)24;1-6-4-7-5-8(11(12)13)2-3-9(7)10-6/h5-8,11,13H,9-10,12,14H2,1-4H3;2-5,8,10H,6-7,9,11H2,1H3,(H,23,24);2-5,10H,1H3. The molecule has 5 aromatic carbocycles. The number of aliphatic carboxylic acids is 1. The number of carbonyl (C=O) groups is 2. The number of aromatic amines is 1. The first-order valence-corrected chi connectivity index (χ1v) is 26.9. The number of aromatic nitrogens is 3. The summed E-state index contributed by atoms with van der Waals surface area (Å²) < 4.78 is 57.3. The number of benzene rings is 5. The molecule has 0 saturated carbocycles. The van der Waals surface area contributed by atoms with Crippen molar-refractivity contribution in [1.82, 2.24) is 14.1 Å². The zero-order valence-electron chi connectivity index (χ0n) is 41.7. The van der Waals surface area contributed by atoms with Crippen molar-refractivity contribution >= 4 is 81.4 Å². The molecule has 20 nitrogen and oxygen atoms in total. The van der Waals surface area contributed by atoms with Crippen molar-refractivity contribution in [2.75, 3.05) is 11.5 Å². The SMILES string of the molecule is Cc1c(Cc2ccc3c(c2)CCS3(=O)=O)c2cc([N+](=O)[O-])ccc2n1CC(=O)O.Cc1c(Cc2ccc3c(c2)CCS3(=O)=O)c2cc([N+](=O)[O-])ccc2n1CC(=O)OC(C)(C)C.Cc1cc2cc([N+](=O)[O-])ccc2[nH]1. The Hall–Kier alpha value is -8.24. The second kappa shape index (κ2) is 20.2. The highest BCUT2D eigenvalue weighted by atomic mass is 32.2. The molecule has 5 heterocycles. The minimum absolute atomic E-state index is 0.0140. The average Bonchev–Trinajstić information content (AvgIpc) is 4.09. The Morgan fingerprint density at radius 3 is 1.51 bits per heavy atom. The van der Waals surface area contributed by atoms with E-state index in [-0.39, 0.29) is 46.6 Å².